The van der Waals surface area contributed by atoms with Gasteiger partial charge in [-0.15, -0.1) is 0 Å². The second-order valence-electron chi connectivity index (χ2n) is 5.03. The van der Waals surface area contributed by atoms with Crippen molar-refractivity contribution in [1.82, 2.24) is 0 Å². The van der Waals surface area contributed by atoms with Crippen LogP contribution in [-0.2, 0) is 5.54 Å². The van der Waals surface area contributed by atoms with Gasteiger partial charge in [-0.2, -0.15) is 0 Å². The highest BCUT2D eigenvalue weighted by Gasteiger charge is 2.38. The molecule has 0 atom stereocenters. The topological polar surface area (TPSA) is 64.7 Å². The quantitative estimate of drug-likeness (QED) is 0.836. The van der Waals surface area contributed by atoms with Crippen LogP contribution in [0.4, 0.5) is 0 Å². The van der Waals surface area contributed by atoms with Crippen LogP contribution in [0.15, 0.2) is 10.5 Å². The van der Waals surface area contributed by atoms with Crippen molar-refractivity contribution in [2.24, 2.45) is 5.73 Å². The molecule has 0 amide bonds. The number of benzene rings is 1. The van der Waals surface area contributed by atoms with Crippen LogP contribution in [0.2, 0.25) is 0 Å². The maximum Gasteiger partial charge on any atom is 0.231 e. The average molecular weight is 314 g/mol. The van der Waals surface area contributed by atoms with E-state index >= 15 is 0 Å². The number of rotatable bonds is 1. The Morgan fingerprint density at radius 1 is 1.22 bits per heavy atom. The van der Waals surface area contributed by atoms with Gasteiger partial charge in [-0.25, -0.2) is 0 Å². The van der Waals surface area contributed by atoms with E-state index in [1.165, 1.54) is 6.42 Å². The molecule has 1 aromatic carbocycles. The predicted molar refractivity (Wildman–Crippen MR) is 70.9 cm³/mol. The van der Waals surface area contributed by atoms with Crippen molar-refractivity contribution in [3.63, 3.8) is 0 Å². The van der Waals surface area contributed by atoms with E-state index in [0.717, 1.165) is 25.7 Å². The van der Waals surface area contributed by atoms with Crippen LogP contribution >= 0.6 is 15.9 Å². The molecule has 2 aliphatic rings. The third-order valence-electron chi connectivity index (χ3n) is 3.83. The van der Waals surface area contributed by atoms with Gasteiger partial charge in [-0.05, 0) is 28.8 Å². The molecule has 0 spiro atoms. The molecular weight excluding hydrogens is 298 g/mol. The molecule has 1 aliphatic carbocycles. The Bertz CT molecular complexity index is 484. The lowest BCUT2D eigenvalue weighted by Crippen LogP contribution is -2.38. The van der Waals surface area contributed by atoms with Crippen LogP contribution in [0.25, 0.3) is 0 Å². The Morgan fingerprint density at radius 2 is 1.94 bits per heavy atom. The fourth-order valence-corrected chi connectivity index (χ4v) is 3.30. The van der Waals surface area contributed by atoms with E-state index in [0.29, 0.717) is 21.5 Å². The van der Waals surface area contributed by atoms with E-state index in [4.69, 9.17) is 15.2 Å². The number of ether oxygens (including phenoxy) is 2. The zero-order chi connectivity index (χ0) is 12.8. The van der Waals surface area contributed by atoms with Crippen LogP contribution in [0, 0.1) is 0 Å². The summed E-state index contributed by atoms with van der Waals surface area (Å²) in [6.07, 6.45) is 5.10. The number of phenols is 1. The first-order valence-corrected chi connectivity index (χ1v) is 7.01. The second kappa shape index (κ2) is 4.31. The van der Waals surface area contributed by atoms with E-state index < -0.39 is 5.54 Å². The first kappa shape index (κ1) is 12.1. The fraction of sp³-hybridized carbons (Fsp3) is 0.538. The van der Waals surface area contributed by atoms with Crippen molar-refractivity contribution in [1.29, 1.82) is 0 Å². The van der Waals surface area contributed by atoms with Gasteiger partial charge in [0.05, 0.1) is 10.0 Å². The van der Waals surface area contributed by atoms with Crippen LogP contribution < -0.4 is 15.2 Å². The molecule has 3 N–H and O–H groups in total. The van der Waals surface area contributed by atoms with Crippen molar-refractivity contribution in [3.8, 4) is 17.2 Å². The fourth-order valence-electron chi connectivity index (χ4n) is 2.90. The summed E-state index contributed by atoms with van der Waals surface area (Å²) in [6, 6.07) is 1.73. The number of halogens is 1. The normalized spacial score (nSPS) is 21.0. The first-order chi connectivity index (χ1) is 8.62. The second-order valence-corrected chi connectivity index (χ2v) is 5.89. The van der Waals surface area contributed by atoms with Gasteiger partial charge in [0.2, 0.25) is 6.79 Å². The summed E-state index contributed by atoms with van der Waals surface area (Å²) in [5, 5.41) is 10.3. The molecule has 0 radical (unpaired) electrons. The number of hydrogen-bond acceptors (Lipinski definition) is 4. The summed E-state index contributed by atoms with van der Waals surface area (Å²) in [4.78, 5) is 0. The highest BCUT2D eigenvalue weighted by molar-refractivity contribution is 9.10. The molecule has 18 heavy (non-hydrogen) atoms. The van der Waals surface area contributed by atoms with Gasteiger partial charge >= 0.3 is 0 Å². The molecule has 1 aliphatic heterocycles. The lowest BCUT2D eigenvalue weighted by Gasteiger charge is -2.35. The summed E-state index contributed by atoms with van der Waals surface area (Å²) in [5.74, 6) is 1.45. The maximum absolute atomic E-state index is 10.3. The molecule has 1 saturated carbocycles. The molecule has 0 aromatic heterocycles. The molecule has 98 valence electrons. The van der Waals surface area contributed by atoms with E-state index in [1.807, 2.05) is 0 Å². The summed E-state index contributed by atoms with van der Waals surface area (Å²) in [6.45, 7) is 0.189. The third kappa shape index (κ3) is 1.77. The summed E-state index contributed by atoms with van der Waals surface area (Å²) in [5.41, 5.74) is 6.69. The summed E-state index contributed by atoms with van der Waals surface area (Å²) >= 11 is 3.35. The summed E-state index contributed by atoms with van der Waals surface area (Å²) < 4.78 is 11.5. The number of phenolic OH excluding ortho intramolecular Hbond substituents is 1. The van der Waals surface area contributed by atoms with E-state index in [2.05, 4.69) is 15.9 Å². The summed E-state index contributed by atoms with van der Waals surface area (Å²) in [7, 11) is 0. The number of hydrogen-bond donors (Lipinski definition) is 2. The van der Waals surface area contributed by atoms with Gasteiger partial charge in [-0.3, -0.25) is 0 Å². The smallest absolute Gasteiger partial charge is 0.231 e. The molecular formula is C13H16BrNO3. The Balaban J connectivity index is 2.15. The van der Waals surface area contributed by atoms with Gasteiger partial charge in [0, 0.05) is 11.6 Å². The van der Waals surface area contributed by atoms with Gasteiger partial charge < -0.3 is 20.3 Å². The van der Waals surface area contributed by atoms with E-state index in [-0.39, 0.29) is 12.5 Å². The molecule has 1 heterocycles. The highest BCUT2D eigenvalue weighted by Crippen LogP contribution is 2.51. The van der Waals surface area contributed by atoms with Gasteiger partial charge in [-0.1, -0.05) is 19.3 Å². The molecule has 5 heteroatoms. The third-order valence-corrected chi connectivity index (χ3v) is 4.44. The molecule has 0 bridgehead atoms. The van der Waals surface area contributed by atoms with Crippen LogP contribution in [0.3, 0.4) is 0 Å². The largest absolute Gasteiger partial charge is 0.506 e. The number of nitrogens with two attached hydrogens (primary N) is 1. The molecule has 0 unspecified atom stereocenters. The van der Waals surface area contributed by atoms with Crippen LogP contribution in [0.5, 0.6) is 17.2 Å². The van der Waals surface area contributed by atoms with Crippen molar-refractivity contribution < 1.29 is 14.6 Å². The zero-order valence-corrected chi connectivity index (χ0v) is 11.6. The van der Waals surface area contributed by atoms with E-state index in [1.54, 1.807) is 6.07 Å². The molecule has 4 nitrogen and oxygen atoms in total. The Labute approximate surface area is 114 Å². The minimum Gasteiger partial charge on any atom is -0.506 e. The van der Waals surface area contributed by atoms with Gasteiger partial charge in [0.25, 0.3) is 0 Å². The lowest BCUT2D eigenvalue weighted by molar-refractivity contribution is 0.170. The van der Waals surface area contributed by atoms with Crippen molar-refractivity contribution in [2.45, 2.75) is 37.6 Å². The van der Waals surface area contributed by atoms with Gasteiger partial charge in [0.15, 0.2) is 11.5 Å². The van der Waals surface area contributed by atoms with Crippen molar-refractivity contribution in [3.05, 3.63) is 16.1 Å². The lowest BCUT2D eigenvalue weighted by atomic mass is 9.76. The minimum atomic E-state index is -0.510. The SMILES string of the molecule is NC1(c2c(O)c(Br)cc3c2OCO3)CCCCC1. The average Bonchev–Trinajstić information content (AvgIpc) is 2.78. The number of aromatic hydroxyl groups is 1. The van der Waals surface area contributed by atoms with Crippen molar-refractivity contribution >= 4 is 15.9 Å². The maximum atomic E-state index is 10.3. The first-order valence-electron chi connectivity index (χ1n) is 6.22. The Morgan fingerprint density at radius 3 is 2.67 bits per heavy atom. The van der Waals surface area contributed by atoms with Crippen LogP contribution in [0.1, 0.15) is 37.7 Å². The Kier molecular flexibility index (Phi) is 2.90. The minimum absolute atomic E-state index is 0.184. The molecule has 0 saturated heterocycles. The predicted octanol–water partition coefficient (Wildman–Crippen LogP) is 3.00. The molecule has 3 rings (SSSR count). The standard InChI is InChI=1S/C13H16BrNO3/c14-8-6-9-12(18-7-17-9)10(11(8)16)13(15)4-2-1-3-5-13/h6,16H,1-5,7,15H2. The van der Waals surface area contributed by atoms with Crippen LogP contribution in [-0.4, -0.2) is 11.9 Å². The van der Waals surface area contributed by atoms with Gasteiger partial charge in [0.1, 0.15) is 5.75 Å². The molecule has 1 aromatic rings. The zero-order valence-electron chi connectivity index (χ0n) is 10.0. The monoisotopic (exact) mass is 313 g/mol. The Hall–Kier alpha value is -0.940. The van der Waals surface area contributed by atoms with Crippen molar-refractivity contribution in [2.75, 3.05) is 6.79 Å². The highest BCUT2D eigenvalue weighted by atomic mass is 79.9. The molecule has 1 fully saturated rings. The number of fused-ring (bicyclic) bond motifs is 1. The van der Waals surface area contributed by atoms with E-state index in [9.17, 15) is 5.11 Å².